The maximum absolute atomic E-state index is 13.7. The van der Waals surface area contributed by atoms with E-state index in [1.165, 1.54) is 0 Å². The Morgan fingerprint density at radius 2 is 0.408 bits per heavy atom. The van der Waals surface area contributed by atoms with Crippen molar-refractivity contribution in [3.63, 3.8) is 0 Å². The largest absolute Gasteiger partial charge is 0.714 e. The third-order valence-corrected chi connectivity index (χ3v) is 18.5. The Morgan fingerprint density at radius 3 is 0.526 bits per heavy atom. The van der Waals surface area contributed by atoms with Crippen molar-refractivity contribution in [3.8, 4) is 0 Å². The van der Waals surface area contributed by atoms with Gasteiger partial charge in [0.25, 0.3) is 0 Å². The summed E-state index contributed by atoms with van der Waals surface area (Å²) in [5, 5.41) is 113. The highest BCUT2D eigenvalue weighted by atomic mass is 16.6. The molecular weight excluding hydrogens is 965 g/mol. The lowest BCUT2D eigenvalue weighted by Crippen LogP contribution is -2.53. The molecule has 18 heteroatoms. The van der Waals surface area contributed by atoms with E-state index in [0.29, 0.717) is 56.4 Å². The van der Waals surface area contributed by atoms with Crippen molar-refractivity contribution in [2.75, 3.05) is 9.80 Å². The quantitative estimate of drug-likeness (QED) is 0.0956. The predicted molar refractivity (Wildman–Crippen MR) is 289 cm³/mol. The molecule has 0 spiro atoms. The van der Waals surface area contributed by atoms with Crippen molar-refractivity contribution in [3.05, 3.63) is 164 Å². The molecule has 4 heterocycles. The Kier molecular flexibility index (Phi) is 12.0. The highest BCUT2D eigenvalue weighted by Gasteiger charge is 2.63. The maximum Gasteiger partial charge on any atom is 0.316 e. The molecule has 76 heavy (non-hydrogen) atoms. The molecule has 0 N–H and O–H groups in total. The molecule has 18 nitrogen and oxygen atoms in total. The number of hydroxylamine groups is 12. The van der Waals surface area contributed by atoms with E-state index in [-0.39, 0.29) is 23.3 Å². The van der Waals surface area contributed by atoms with Gasteiger partial charge in [0.2, 0.25) is 0 Å². The second kappa shape index (κ2) is 17.1. The molecule has 398 valence electrons. The van der Waals surface area contributed by atoms with E-state index in [2.05, 4.69) is 0 Å². The zero-order valence-corrected chi connectivity index (χ0v) is 46.3. The summed E-state index contributed by atoms with van der Waals surface area (Å²) >= 11 is 0. The van der Waals surface area contributed by atoms with Crippen LogP contribution in [0.4, 0.5) is 34.1 Å². The lowest BCUT2D eigenvalue weighted by molar-refractivity contribution is -0.539. The Balaban J connectivity index is 1.15. The smallest absolute Gasteiger partial charge is 0.316 e. The van der Waals surface area contributed by atoms with Crippen molar-refractivity contribution in [2.24, 2.45) is 0 Å². The summed E-state index contributed by atoms with van der Waals surface area (Å²) in [5.74, 6) is 0.00806. The van der Waals surface area contributed by atoms with Gasteiger partial charge in [-0.2, -0.15) is 0 Å². The summed E-state index contributed by atoms with van der Waals surface area (Å²) in [5.41, 5.74) is -2.35. The highest BCUT2D eigenvalue weighted by molar-refractivity contribution is 5.99. The second-order valence-corrected chi connectivity index (χ2v) is 24.5. The van der Waals surface area contributed by atoms with Crippen molar-refractivity contribution in [1.29, 1.82) is 0 Å². The van der Waals surface area contributed by atoms with E-state index in [4.69, 9.17) is 0 Å². The first-order valence-corrected chi connectivity index (χ1v) is 25.5. The van der Waals surface area contributed by atoms with Crippen LogP contribution in [-0.2, 0) is 20.8 Å². The van der Waals surface area contributed by atoms with Gasteiger partial charge in [-0.1, -0.05) is 20.3 Å². The van der Waals surface area contributed by atoms with Gasteiger partial charge in [-0.3, -0.25) is 19.0 Å². The molecule has 0 saturated carbocycles. The van der Waals surface area contributed by atoms with Crippen LogP contribution < -0.4 is 9.80 Å². The van der Waals surface area contributed by atoms with Crippen LogP contribution >= 0.6 is 0 Å². The van der Waals surface area contributed by atoms with E-state index in [1.54, 1.807) is 159 Å². The van der Waals surface area contributed by atoms with Gasteiger partial charge in [-0.25, -0.2) is 0 Å². The normalized spacial score (nSPS) is 21.6. The summed E-state index contributed by atoms with van der Waals surface area (Å²) in [7, 11) is 0. The molecule has 5 aromatic carbocycles. The van der Waals surface area contributed by atoms with E-state index in [9.17, 15) is 41.7 Å². The minimum atomic E-state index is -1.02. The molecule has 0 amide bonds. The molecule has 0 bridgehead atoms. The lowest BCUT2D eigenvalue weighted by Gasteiger charge is -2.32. The number of rotatable bonds is 10. The number of nitrogens with zero attached hydrogens (tertiary/aromatic N) is 10. The maximum atomic E-state index is 13.7. The van der Waals surface area contributed by atoms with Gasteiger partial charge in [0.05, 0.1) is 22.3 Å². The average molecular weight is 1030 g/mol. The summed E-state index contributed by atoms with van der Waals surface area (Å²) in [4.78, 5) is 3.94. The fourth-order valence-corrected chi connectivity index (χ4v) is 10.1. The van der Waals surface area contributed by atoms with Crippen molar-refractivity contribution >= 4 is 57.5 Å². The van der Waals surface area contributed by atoms with E-state index in [1.807, 2.05) is 82.6 Å². The Morgan fingerprint density at radius 1 is 0.276 bits per heavy atom. The third-order valence-electron chi connectivity index (χ3n) is 18.5. The summed E-state index contributed by atoms with van der Waals surface area (Å²) in [6.45, 7) is 27.9. The van der Waals surface area contributed by atoms with E-state index >= 15 is 0 Å². The fraction of sp³-hybridized carbons (Fsp3) is 0.414. The molecule has 9 rings (SSSR count). The molecule has 5 aromatic rings. The predicted octanol–water partition coefficient (Wildman–Crippen LogP) is 10.5. The molecule has 4 radical (unpaired) electrons. The van der Waals surface area contributed by atoms with Gasteiger partial charge in [0, 0.05) is 55.0 Å². The van der Waals surface area contributed by atoms with Crippen LogP contribution in [0.25, 0.3) is 0 Å². The Bertz CT molecular complexity index is 2830. The first-order chi connectivity index (χ1) is 35.1. The minimum Gasteiger partial charge on any atom is -0.714 e. The molecular formula is C58H68N10O8. The van der Waals surface area contributed by atoms with E-state index in [0.717, 1.165) is 39.2 Å². The van der Waals surface area contributed by atoms with Gasteiger partial charge in [0.15, 0.2) is 22.2 Å². The SMILES string of the molecule is CC1(C)N([O])C(c2ccc(N(c3ccc(C4=[N+]([O-])C(C)(C)C(C)(C)N4[O])cc3)c3ccc(N(c4ccc(C5=[N+]([O-])C(C)(C)C(C)(C)N5[O])cc4)c4ccc(C5=[N+]([O-])C(C)(C)C(C)(C)N5[O])cc4)cc3)cc2)=[N+]([O-])C1(C)C. The van der Waals surface area contributed by atoms with Gasteiger partial charge in [-0.15, -0.1) is 0 Å². The highest BCUT2D eigenvalue weighted by Crippen LogP contribution is 2.45. The molecule has 0 fully saturated rings. The molecule has 0 unspecified atom stereocenters. The van der Waals surface area contributed by atoms with Gasteiger partial charge >= 0.3 is 23.3 Å². The molecule has 0 atom stereocenters. The molecule has 0 aliphatic carbocycles. The Hall–Kier alpha value is -7.38. The second-order valence-electron chi connectivity index (χ2n) is 24.5. The third kappa shape index (κ3) is 7.27. The van der Waals surface area contributed by atoms with Crippen molar-refractivity contribution in [1.82, 2.24) is 20.3 Å². The Labute approximate surface area is 445 Å². The topological polar surface area (TPSA) is 203 Å². The van der Waals surface area contributed by atoms with Crippen LogP contribution in [0, 0.1) is 20.8 Å². The standard InChI is InChI=1S/C58H68N10O8/c1-51(2)52(3,4)62(70)47(61(51)69)37-17-25-41(26-18-37)59(42-27-19-38(20-28-42)48-63(71)53(5,6)54(7,8)64(48)72)45-33-35-46(36-34-45)60(43-29-21-39(22-30-43)49-65(73)55(9,10)56(11,12)66(49)74)44-31-23-40(24-32-44)50-67(75)57(13,14)58(15,16)68(50)76/h17-36H,1-16H3. The van der Waals surface area contributed by atoms with Crippen LogP contribution in [0.15, 0.2) is 121 Å². The average Bonchev–Trinajstić information content (AvgIpc) is 3.70. The van der Waals surface area contributed by atoms with Crippen LogP contribution in [0.2, 0.25) is 0 Å². The van der Waals surface area contributed by atoms with E-state index < -0.39 is 44.3 Å². The van der Waals surface area contributed by atoms with Crippen molar-refractivity contribution < 1.29 is 39.8 Å². The summed E-state index contributed by atoms with van der Waals surface area (Å²) in [6.07, 6.45) is 0. The van der Waals surface area contributed by atoms with Crippen LogP contribution in [0.5, 0.6) is 0 Å². The van der Waals surface area contributed by atoms with Gasteiger partial charge < -0.3 is 30.6 Å². The van der Waals surface area contributed by atoms with Gasteiger partial charge in [-0.05, 0) is 232 Å². The molecule has 0 saturated heterocycles. The number of hydrogen-bond donors (Lipinski definition) is 0. The number of anilines is 6. The summed E-state index contributed by atoms with van der Waals surface area (Å²) < 4.78 is 3.10. The molecule has 4 aliphatic heterocycles. The first kappa shape index (κ1) is 53.4. The van der Waals surface area contributed by atoms with Crippen molar-refractivity contribution in [2.45, 2.75) is 155 Å². The van der Waals surface area contributed by atoms with Crippen LogP contribution in [0.1, 0.15) is 133 Å². The lowest BCUT2D eigenvalue weighted by atomic mass is 9.84. The zero-order valence-electron chi connectivity index (χ0n) is 46.3. The fourth-order valence-electron chi connectivity index (χ4n) is 10.1. The van der Waals surface area contributed by atoms with Crippen LogP contribution in [-0.4, -0.2) is 107 Å². The number of hydrogen-bond acceptors (Lipinski definition) is 10. The molecule has 4 aliphatic rings. The molecule has 0 aromatic heterocycles. The first-order valence-electron chi connectivity index (χ1n) is 25.5. The van der Waals surface area contributed by atoms with Gasteiger partial charge in [0.1, 0.15) is 22.2 Å². The monoisotopic (exact) mass is 1030 g/mol. The van der Waals surface area contributed by atoms with Crippen LogP contribution in [0.3, 0.4) is 0 Å². The minimum absolute atomic E-state index is 0.00201. The summed E-state index contributed by atoms with van der Waals surface area (Å²) in [6, 6.07) is 36.1. The number of benzene rings is 5. The number of amidine groups is 4. The zero-order chi connectivity index (χ0) is 56.0.